The Balaban J connectivity index is 1.96. The highest BCUT2D eigenvalue weighted by Gasteiger charge is 2.27. The first-order chi connectivity index (χ1) is 9.38. The molecule has 1 aromatic rings. The Morgan fingerprint density at radius 2 is 2.00 bits per heavy atom. The van der Waals surface area contributed by atoms with E-state index in [1.54, 1.807) is 12.1 Å². The highest BCUT2D eigenvalue weighted by Crippen LogP contribution is 2.26. The Labute approximate surface area is 128 Å². The fraction of sp³-hybridized carbons (Fsp3) is 0.500. The molecular formula is C14H18Cl2N2O2. The van der Waals surface area contributed by atoms with Crippen LogP contribution in [-0.4, -0.2) is 29.7 Å². The SMILES string of the molecule is CC(=O)NC1CC[N+]([O-])(Cc2ccc(Cl)c(Cl)c2)CC1. The number of carbonyl (C=O) groups is 1. The summed E-state index contributed by atoms with van der Waals surface area (Å²) in [7, 11) is 0. The van der Waals surface area contributed by atoms with E-state index in [1.165, 1.54) is 6.92 Å². The van der Waals surface area contributed by atoms with Crippen LogP contribution in [0.3, 0.4) is 0 Å². The van der Waals surface area contributed by atoms with Gasteiger partial charge in [-0.05, 0) is 12.1 Å². The smallest absolute Gasteiger partial charge is 0.217 e. The van der Waals surface area contributed by atoms with Crippen molar-refractivity contribution in [1.82, 2.24) is 5.32 Å². The van der Waals surface area contributed by atoms with E-state index >= 15 is 0 Å². The zero-order chi connectivity index (χ0) is 14.8. The highest BCUT2D eigenvalue weighted by molar-refractivity contribution is 6.42. The van der Waals surface area contributed by atoms with Crippen molar-refractivity contribution in [3.63, 3.8) is 0 Å². The zero-order valence-electron chi connectivity index (χ0n) is 11.4. The first kappa shape index (κ1) is 15.6. The number of carbonyl (C=O) groups excluding carboxylic acids is 1. The molecule has 20 heavy (non-hydrogen) atoms. The summed E-state index contributed by atoms with van der Waals surface area (Å²) < 4.78 is -0.270. The van der Waals surface area contributed by atoms with Crippen LogP contribution in [0.5, 0.6) is 0 Å². The zero-order valence-corrected chi connectivity index (χ0v) is 12.9. The number of rotatable bonds is 3. The van der Waals surface area contributed by atoms with Gasteiger partial charge in [-0.3, -0.25) is 4.79 Å². The van der Waals surface area contributed by atoms with Crippen molar-refractivity contribution in [3.8, 4) is 0 Å². The summed E-state index contributed by atoms with van der Waals surface area (Å²) in [5.41, 5.74) is 0.896. The van der Waals surface area contributed by atoms with Gasteiger partial charge in [-0.1, -0.05) is 29.3 Å². The summed E-state index contributed by atoms with van der Waals surface area (Å²) in [6.45, 7) is 2.91. The summed E-state index contributed by atoms with van der Waals surface area (Å²) >= 11 is 11.8. The molecule has 1 saturated heterocycles. The topological polar surface area (TPSA) is 52.2 Å². The van der Waals surface area contributed by atoms with E-state index in [0.717, 1.165) is 5.56 Å². The van der Waals surface area contributed by atoms with Crippen molar-refractivity contribution in [2.24, 2.45) is 0 Å². The third kappa shape index (κ3) is 4.09. The molecule has 1 amide bonds. The van der Waals surface area contributed by atoms with Crippen LogP contribution < -0.4 is 5.32 Å². The van der Waals surface area contributed by atoms with Gasteiger partial charge < -0.3 is 15.2 Å². The molecule has 0 aliphatic carbocycles. The van der Waals surface area contributed by atoms with E-state index in [9.17, 15) is 10.0 Å². The summed E-state index contributed by atoms with van der Waals surface area (Å²) in [4.78, 5) is 11.0. The Hall–Kier alpha value is -0.810. The molecule has 0 atom stereocenters. The quantitative estimate of drug-likeness (QED) is 0.688. The van der Waals surface area contributed by atoms with Gasteiger partial charge >= 0.3 is 0 Å². The predicted molar refractivity (Wildman–Crippen MR) is 80.4 cm³/mol. The van der Waals surface area contributed by atoms with Crippen LogP contribution in [0.1, 0.15) is 25.3 Å². The van der Waals surface area contributed by atoms with Gasteiger partial charge in [0.1, 0.15) is 6.54 Å². The van der Waals surface area contributed by atoms with Gasteiger partial charge in [-0.2, -0.15) is 0 Å². The number of halogens is 2. The monoisotopic (exact) mass is 316 g/mol. The number of hydrogen-bond acceptors (Lipinski definition) is 2. The molecule has 0 aromatic heterocycles. The first-order valence-electron chi connectivity index (χ1n) is 6.66. The lowest BCUT2D eigenvalue weighted by Crippen LogP contribution is -2.52. The minimum absolute atomic E-state index is 0.0367. The number of likely N-dealkylation sites (tertiary alicyclic amines) is 1. The van der Waals surface area contributed by atoms with Gasteiger partial charge in [0.25, 0.3) is 0 Å². The number of benzene rings is 1. The Morgan fingerprint density at radius 3 is 2.55 bits per heavy atom. The van der Waals surface area contributed by atoms with Gasteiger partial charge in [0.2, 0.25) is 5.91 Å². The Bertz CT molecular complexity index is 500. The fourth-order valence-electron chi connectivity index (χ4n) is 2.60. The summed E-state index contributed by atoms with van der Waals surface area (Å²) in [6.07, 6.45) is 1.43. The fourth-order valence-corrected chi connectivity index (χ4v) is 2.92. The second-order valence-electron chi connectivity index (χ2n) is 5.39. The largest absolute Gasteiger partial charge is 0.633 e. The number of nitrogens with zero attached hydrogens (tertiary/aromatic N) is 1. The Morgan fingerprint density at radius 1 is 1.35 bits per heavy atom. The molecule has 0 radical (unpaired) electrons. The van der Waals surface area contributed by atoms with Crippen molar-refractivity contribution in [2.75, 3.05) is 13.1 Å². The summed E-state index contributed by atoms with van der Waals surface area (Å²) in [5.74, 6) is -0.0367. The molecule has 2 rings (SSSR count). The highest BCUT2D eigenvalue weighted by atomic mass is 35.5. The maximum absolute atomic E-state index is 12.7. The molecule has 1 N–H and O–H groups in total. The van der Waals surface area contributed by atoms with Gasteiger partial charge in [0.15, 0.2) is 0 Å². The minimum atomic E-state index is -0.270. The van der Waals surface area contributed by atoms with Gasteiger partial charge in [-0.25, -0.2) is 0 Å². The minimum Gasteiger partial charge on any atom is -0.633 e. The van der Waals surface area contributed by atoms with E-state index in [1.807, 2.05) is 6.07 Å². The van der Waals surface area contributed by atoms with E-state index in [2.05, 4.69) is 5.32 Å². The third-order valence-electron chi connectivity index (χ3n) is 3.63. The van der Waals surface area contributed by atoms with Gasteiger partial charge in [0, 0.05) is 31.4 Å². The van der Waals surface area contributed by atoms with Crippen LogP contribution >= 0.6 is 23.2 Å². The standard InChI is InChI=1S/C14H18Cl2N2O2/c1-10(19)17-12-4-6-18(20,7-5-12)9-11-2-3-13(15)14(16)8-11/h2-3,8,12H,4-7,9H2,1H3,(H,17,19). The summed E-state index contributed by atoms with van der Waals surface area (Å²) in [6, 6.07) is 5.44. The molecule has 0 bridgehead atoms. The second kappa shape index (κ2) is 6.31. The number of quaternary nitrogens is 1. The van der Waals surface area contributed by atoms with Crippen LogP contribution in [-0.2, 0) is 11.3 Å². The van der Waals surface area contributed by atoms with E-state index < -0.39 is 0 Å². The third-order valence-corrected chi connectivity index (χ3v) is 4.37. The molecule has 1 heterocycles. The van der Waals surface area contributed by atoms with E-state index in [-0.39, 0.29) is 16.6 Å². The molecular weight excluding hydrogens is 299 g/mol. The summed E-state index contributed by atoms with van der Waals surface area (Å²) in [5, 5.41) is 16.5. The first-order valence-corrected chi connectivity index (χ1v) is 7.42. The lowest BCUT2D eigenvalue weighted by Gasteiger charge is -2.47. The second-order valence-corrected chi connectivity index (χ2v) is 6.20. The van der Waals surface area contributed by atoms with Crippen molar-refractivity contribution >= 4 is 29.1 Å². The van der Waals surface area contributed by atoms with Crippen molar-refractivity contribution < 1.29 is 9.44 Å². The number of piperidine rings is 1. The predicted octanol–water partition coefficient (Wildman–Crippen LogP) is 3.11. The van der Waals surface area contributed by atoms with Crippen LogP contribution in [0, 0.1) is 5.21 Å². The molecule has 4 nitrogen and oxygen atoms in total. The van der Waals surface area contributed by atoms with Crippen molar-refractivity contribution in [2.45, 2.75) is 32.4 Å². The molecule has 1 aromatic carbocycles. The van der Waals surface area contributed by atoms with Crippen molar-refractivity contribution in [1.29, 1.82) is 0 Å². The number of amides is 1. The average molecular weight is 317 g/mol. The number of hydrogen-bond donors (Lipinski definition) is 1. The van der Waals surface area contributed by atoms with E-state index in [0.29, 0.717) is 42.5 Å². The lowest BCUT2D eigenvalue weighted by atomic mass is 10.0. The van der Waals surface area contributed by atoms with Crippen LogP contribution in [0.2, 0.25) is 10.0 Å². The molecule has 0 saturated carbocycles. The van der Waals surface area contributed by atoms with Crippen LogP contribution in [0.15, 0.2) is 18.2 Å². The van der Waals surface area contributed by atoms with Crippen LogP contribution in [0.25, 0.3) is 0 Å². The number of nitrogens with one attached hydrogen (secondary N) is 1. The van der Waals surface area contributed by atoms with E-state index in [4.69, 9.17) is 23.2 Å². The van der Waals surface area contributed by atoms with Gasteiger partial charge in [-0.15, -0.1) is 0 Å². The van der Waals surface area contributed by atoms with Gasteiger partial charge in [0.05, 0.1) is 23.1 Å². The van der Waals surface area contributed by atoms with Crippen LogP contribution in [0.4, 0.5) is 0 Å². The molecule has 1 aliphatic heterocycles. The lowest BCUT2D eigenvalue weighted by molar-refractivity contribution is -0.898. The molecule has 0 spiro atoms. The maximum atomic E-state index is 12.7. The molecule has 1 aliphatic rings. The number of hydroxylamine groups is 3. The molecule has 0 unspecified atom stereocenters. The molecule has 110 valence electrons. The normalized spacial score (nSPS) is 26.3. The van der Waals surface area contributed by atoms with Crippen molar-refractivity contribution in [3.05, 3.63) is 39.0 Å². The maximum Gasteiger partial charge on any atom is 0.217 e. The molecule has 1 fully saturated rings. The Kier molecular flexibility index (Phi) is 4.91. The average Bonchev–Trinajstić information content (AvgIpc) is 2.36. The molecule has 6 heteroatoms.